The van der Waals surface area contributed by atoms with Gasteiger partial charge in [-0.05, 0) is 49.3 Å². The molecule has 2 unspecified atom stereocenters. The number of hydrogen-bond donors (Lipinski definition) is 1. The first-order valence-electron chi connectivity index (χ1n) is 7.24. The molecule has 2 atom stereocenters. The molecular weight excluding hydrogens is 238 g/mol. The molecule has 0 saturated carbocycles. The fourth-order valence-corrected chi connectivity index (χ4v) is 3.28. The molecule has 1 amide bonds. The summed E-state index contributed by atoms with van der Waals surface area (Å²) >= 11 is 0. The molecule has 3 rings (SSSR count). The van der Waals surface area contributed by atoms with Crippen molar-refractivity contribution < 1.29 is 9.90 Å². The number of carbonyl (C=O) groups excluding carboxylic acids is 1. The van der Waals surface area contributed by atoms with Gasteiger partial charge >= 0.3 is 0 Å². The van der Waals surface area contributed by atoms with Crippen LogP contribution >= 0.6 is 0 Å². The molecule has 1 heterocycles. The summed E-state index contributed by atoms with van der Waals surface area (Å²) in [6.45, 7) is 2.53. The molecule has 1 N–H and O–H groups in total. The lowest BCUT2D eigenvalue weighted by molar-refractivity contribution is -0.129. The molecule has 0 bridgehead atoms. The standard InChI is InChI=1S/C16H21NO2/c1-11(17-10-15(18)9-16(17)19)13-7-6-12-4-2-3-5-14(12)8-13/h6-8,11,15,18H,2-5,9-10H2,1H3. The van der Waals surface area contributed by atoms with Gasteiger partial charge in [0.25, 0.3) is 0 Å². The molecule has 3 nitrogen and oxygen atoms in total. The Balaban J connectivity index is 1.83. The number of aryl methyl sites for hydroxylation is 2. The molecule has 1 fully saturated rings. The Morgan fingerprint density at radius 3 is 2.68 bits per heavy atom. The van der Waals surface area contributed by atoms with E-state index in [9.17, 15) is 9.90 Å². The fourth-order valence-electron chi connectivity index (χ4n) is 3.28. The number of rotatable bonds is 2. The van der Waals surface area contributed by atoms with E-state index < -0.39 is 6.10 Å². The minimum atomic E-state index is -0.493. The number of benzene rings is 1. The van der Waals surface area contributed by atoms with Crippen LogP contribution in [0.1, 0.15) is 48.9 Å². The predicted molar refractivity (Wildman–Crippen MR) is 73.8 cm³/mol. The maximum absolute atomic E-state index is 11.9. The number of fused-ring (bicyclic) bond motifs is 1. The average Bonchev–Trinajstić information content (AvgIpc) is 2.76. The molecule has 19 heavy (non-hydrogen) atoms. The SMILES string of the molecule is CC(c1ccc2c(c1)CCCC2)N1CC(O)CC1=O. The third-order valence-corrected chi connectivity index (χ3v) is 4.46. The number of likely N-dealkylation sites (tertiary alicyclic amines) is 1. The van der Waals surface area contributed by atoms with E-state index in [4.69, 9.17) is 0 Å². The topological polar surface area (TPSA) is 40.5 Å². The lowest BCUT2D eigenvalue weighted by Gasteiger charge is -2.26. The number of carbonyl (C=O) groups is 1. The molecule has 102 valence electrons. The van der Waals surface area contributed by atoms with E-state index >= 15 is 0 Å². The summed E-state index contributed by atoms with van der Waals surface area (Å²) in [5.41, 5.74) is 4.11. The minimum Gasteiger partial charge on any atom is -0.391 e. The van der Waals surface area contributed by atoms with Gasteiger partial charge in [0.05, 0.1) is 18.6 Å². The summed E-state index contributed by atoms with van der Waals surface area (Å²) < 4.78 is 0. The van der Waals surface area contributed by atoms with Crippen molar-refractivity contribution in [1.29, 1.82) is 0 Å². The lowest BCUT2D eigenvalue weighted by atomic mass is 9.89. The van der Waals surface area contributed by atoms with Crippen molar-refractivity contribution in [3.63, 3.8) is 0 Å². The van der Waals surface area contributed by atoms with Crippen LogP contribution in [-0.2, 0) is 17.6 Å². The van der Waals surface area contributed by atoms with E-state index in [1.807, 2.05) is 0 Å². The Hall–Kier alpha value is -1.35. The zero-order valence-electron chi connectivity index (χ0n) is 11.4. The summed E-state index contributed by atoms with van der Waals surface area (Å²) in [6, 6.07) is 6.69. The van der Waals surface area contributed by atoms with Crippen molar-refractivity contribution in [3.8, 4) is 0 Å². The van der Waals surface area contributed by atoms with Crippen molar-refractivity contribution in [2.45, 2.75) is 51.2 Å². The maximum Gasteiger partial charge on any atom is 0.225 e. The Bertz CT molecular complexity index is 498. The fraction of sp³-hybridized carbons (Fsp3) is 0.562. The number of hydrogen-bond acceptors (Lipinski definition) is 2. The number of amides is 1. The summed E-state index contributed by atoms with van der Waals surface area (Å²) in [7, 11) is 0. The van der Waals surface area contributed by atoms with Gasteiger partial charge in [-0.15, -0.1) is 0 Å². The Kier molecular flexibility index (Phi) is 3.31. The molecule has 1 aliphatic heterocycles. The molecule has 1 saturated heterocycles. The van der Waals surface area contributed by atoms with Crippen LogP contribution in [0.15, 0.2) is 18.2 Å². The van der Waals surface area contributed by atoms with Crippen LogP contribution in [0.5, 0.6) is 0 Å². The zero-order valence-corrected chi connectivity index (χ0v) is 11.4. The molecule has 0 radical (unpaired) electrons. The van der Waals surface area contributed by atoms with E-state index in [-0.39, 0.29) is 18.4 Å². The number of nitrogens with zero attached hydrogens (tertiary/aromatic N) is 1. The molecule has 0 spiro atoms. The average molecular weight is 259 g/mol. The highest BCUT2D eigenvalue weighted by molar-refractivity contribution is 5.79. The summed E-state index contributed by atoms with van der Waals surface area (Å²) in [6.07, 6.45) is 4.69. The van der Waals surface area contributed by atoms with Crippen LogP contribution in [-0.4, -0.2) is 28.6 Å². The summed E-state index contributed by atoms with van der Waals surface area (Å²) in [5.74, 6) is 0.0673. The van der Waals surface area contributed by atoms with Crippen LogP contribution in [0.2, 0.25) is 0 Å². The van der Waals surface area contributed by atoms with Gasteiger partial charge in [0, 0.05) is 6.54 Å². The summed E-state index contributed by atoms with van der Waals surface area (Å²) in [5, 5.41) is 9.60. The van der Waals surface area contributed by atoms with E-state index in [1.54, 1.807) is 4.90 Å². The summed E-state index contributed by atoms with van der Waals surface area (Å²) in [4.78, 5) is 13.7. The van der Waals surface area contributed by atoms with Gasteiger partial charge in [-0.25, -0.2) is 0 Å². The van der Waals surface area contributed by atoms with Crippen molar-refractivity contribution >= 4 is 5.91 Å². The largest absolute Gasteiger partial charge is 0.391 e. The third kappa shape index (κ3) is 2.39. The smallest absolute Gasteiger partial charge is 0.225 e. The van der Waals surface area contributed by atoms with Crippen LogP contribution in [0.25, 0.3) is 0 Å². The van der Waals surface area contributed by atoms with E-state index in [2.05, 4.69) is 25.1 Å². The van der Waals surface area contributed by atoms with Crippen LogP contribution < -0.4 is 0 Å². The van der Waals surface area contributed by atoms with Crippen LogP contribution in [0.3, 0.4) is 0 Å². The second kappa shape index (κ2) is 4.97. The molecule has 1 aliphatic carbocycles. The first-order chi connectivity index (χ1) is 9.15. The Morgan fingerprint density at radius 1 is 1.26 bits per heavy atom. The third-order valence-electron chi connectivity index (χ3n) is 4.46. The van der Waals surface area contributed by atoms with Crippen molar-refractivity contribution in [2.75, 3.05) is 6.54 Å². The molecule has 1 aromatic carbocycles. The molecule has 0 aromatic heterocycles. The highest BCUT2D eigenvalue weighted by Gasteiger charge is 2.32. The number of β-amino-alcohol motifs (C(OH)–C–C–N with tert-alkyl or cyclic N) is 1. The zero-order chi connectivity index (χ0) is 13.4. The molecule has 2 aliphatic rings. The highest BCUT2D eigenvalue weighted by atomic mass is 16.3. The Morgan fingerprint density at radius 2 is 2.00 bits per heavy atom. The van der Waals surface area contributed by atoms with Gasteiger partial charge in [-0.2, -0.15) is 0 Å². The van der Waals surface area contributed by atoms with Crippen molar-refractivity contribution in [3.05, 3.63) is 34.9 Å². The van der Waals surface area contributed by atoms with Crippen molar-refractivity contribution in [1.82, 2.24) is 4.90 Å². The van der Waals surface area contributed by atoms with Gasteiger partial charge in [0.15, 0.2) is 0 Å². The normalized spacial score (nSPS) is 24.4. The second-order valence-electron chi connectivity index (χ2n) is 5.82. The maximum atomic E-state index is 11.9. The van der Waals surface area contributed by atoms with Gasteiger partial charge < -0.3 is 10.0 Å². The first-order valence-corrected chi connectivity index (χ1v) is 7.24. The first kappa shape index (κ1) is 12.7. The van der Waals surface area contributed by atoms with E-state index in [0.717, 1.165) is 6.42 Å². The minimum absolute atomic E-state index is 0.0666. The highest BCUT2D eigenvalue weighted by Crippen LogP contribution is 2.29. The Labute approximate surface area is 114 Å². The van der Waals surface area contributed by atoms with E-state index in [1.165, 1.54) is 36.0 Å². The van der Waals surface area contributed by atoms with E-state index in [0.29, 0.717) is 6.54 Å². The van der Waals surface area contributed by atoms with Gasteiger partial charge in [0.1, 0.15) is 0 Å². The van der Waals surface area contributed by atoms with Gasteiger partial charge in [-0.1, -0.05) is 18.2 Å². The quantitative estimate of drug-likeness (QED) is 0.884. The lowest BCUT2D eigenvalue weighted by Crippen LogP contribution is -2.29. The molecule has 1 aromatic rings. The van der Waals surface area contributed by atoms with Crippen LogP contribution in [0, 0.1) is 0 Å². The second-order valence-corrected chi connectivity index (χ2v) is 5.82. The number of aliphatic hydroxyl groups is 1. The molecular formula is C16H21NO2. The predicted octanol–water partition coefficient (Wildman–Crippen LogP) is 2.22. The molecule has 3 heteroatoms. The van der Waals surface area contributed by atoms with Gasteiger partial charge in [-0.3, -0.25) is 4.79 Å². The monoisotopic (exact) mass is 259 g/mol. The van der Waals surface area contributed by atoms with Crippen molar-refractivity contribution in [2.24, 2.45) is 0 Å². The van der Waals surface area contributed by atoms with Crippen LogP contribution in [0.4, 0.5) is 0 Å². The number of aliphatic hydroxyl groups excluding tert-OH is 1. The van der Waals surface area contributed by atoms with Gasteiger partial charge in [0.2, 0.25) is 5.91 Å².